The van der Waals surface area contributed by atoms with E-state index in [1.807, 2.05) is 50.0 Å². The first-order chi connectivity index (χ1) is 13.3. The van der Waals surface area contributed by atoms with E-state index < -0.39 is 0 Å². The van der Waals surface area contributed by atoms with Crippen molar-refractivity contribution in [3.63, 3.8) is 0 Å². The molecule has 0 aliphatic carbocycles. The van der Waals surface area contributed by atoms with E-state index in [0.717, 1.165) is 18.5 Å². The van der Waals surface area contributed by atoms with E-state index in [1.165, 1.54) is 27.7 Å². The monoisotopic (exact) mass is 380 g/mol. The SMILES string of the molecule is C=C(C)/C=C\C=C/C.CCc1c(CN(CC)C(C)=O)c2cc(C)ccc2n1C. The highest BCUT2D eigenvalue weighted by Gasteiger charge is 2.17. The quantitative estimate of drug-likeness (QED) is 0.555. The molecule has 0 N–H and O–H groups in total. The normalized spacial score (nSPS) is 11.1. The lowest BCUT2D eigenvalue weighted by molar-refractivity contribution is -0.129. The van der Waals surface area contributed by atoms with Crippen molar-refractivity contribution in [2.24, 2.45) is 7.05 Å². The van der Waals surface area contributed by atoms with Crippen molar-refractivity contribution in [2.45, 2.75) is 54.5 Å². The summed E-state index contributed by atoms with van der Waals surface area (Å²) in [5.41, 5.74) is 6.22. The maximum absolute atomic E-state index is 11.7. The molecule has 3 heteroatoms. The van der Waals surface area contributed by atoms with Crippen LogP contribution in [0.3, 0.4) is 0 Å². The topological polar surface area (TPSA) is 25.2 Å². The first kappa shape index (κ1) is 23.5. The van der Waals surface area contributed by atoms with Crippen molar-refractivity contribution in [2.75, 3.05) is 6.54 Å². The fourth-order valence-electron chi connectivity index (χ4n) is 3.28. The van der Waals surface area contributed by atoms with E-state index in [2.05, 4.69) is 50.2 Å². The van der Waals surface area contributed by atoms with E-state index in [9.17, 15) is 4.79 Å². The zero-order valence-corrected chi connectivity index (χ0v) is 18.7. The molecule has 0 fully saturated rings. The van der Waals surface area contributed by atoms with Crippen LogP contribution in [0.2, 0.25) is 0 Å². The number of rotatable bonds is 6. The molecule has 0 aliphatic heterocycles. The summed E-state index contributed by atoms with van der Waals surface area (Å²) < 4.78 is 2.26. The van der Waals surface area contributed by atoms with Crippen LogP contribution in [0, 0.1) is 6.92 Å². The van der Waals surface area contributed by atoms with Gasteiger partial charge in [-0.15, -0.1) is 0 Å². The molecule has 0 saturated carbocycles. The van der Waals surface area contributed by atoms with E-state index in [0.29, 0.717) is 6.54 Å². The molecule has 1 heterocycles. The summed E-state index contributed by atoms with van der Waals surface area (Å²) >= 11 is 0. The fourth-order valence-corrected chi connectivity index (χ4v) is 3.28. The van der Waals surface area contributed by atoms with E-state index >= 15 is 0 Å². The van der Waals surface area contributed by atoms with Gasteiger partial charge in [-0.1, -0.05) is 55.0 Å². The number of hydrogen-bond acceptors (Lipinski definition) is 1. The van der Waals surface area contributed by atoms with Crippen molar-refractivity contribution in [3.8, 4) is 0 Å². The van der Waals surface area contributed by atoms with Gasteiger partial charge in [-0.2, -0.15) is 0 Å². The summed E-state index contributed by atoms with van der Waals surface area (Å²) in [7, 11) is 2.12. The third kappa shape index (κ3) is 6.26. The van der Waals surface area contributed by atoms with Gasteiger partial charge in [0.1, 0.15) is 0 Å². The summed E-state index contributed by atoms with van der Waals surface area (Å²) in [6.07, 6.45) is 8.89. The first-order valence-corrected chi connectivity index (χ1v) is 10.0. The second-order valence-electron chi connectivity index (χ2n) is 7.12. The number of nitrogens with zero attached hydrogens (tertiary/aromatic N) is 2. The molecule has 0 saturated heterocycles. The van der Waals surface area contributed by atoms with Gasteiger partial charge in [0.25, 0.3) is 0 Å². The van der Waals surface area contributed by atoms with Crippen LogP contribution in [-0.4, -0.2) is 21.9 Å². The Morgan fingerprint density at radius 2 is 1.89 bits per heavy atom. The predicted molar refractivity (Wildman–Crippen MR) is 123 cm³/mol. The molecule has 1 amide bonds. The molecule has 0 unspecified atom stereocenters. The molecule has 0 bridgehead atoms. The van der Waals surface area contributed by atoms with Crippen LogP contribution in [0.5, 0.6) is 0 Å². The van der Waals surface area contributed by atoms with Crippen LogP contribution < -0.4 is 0 Å². The molecular weight excluding hydrogens is 344 g/mol. The molecule has 0 radical (unpaired) electrons. The summed E-state index contributed by atoms with van der Waals surface area (Å²) in [4.78, 5) is 13.6. The smallest absolute Gasteiger partial charge is 0.219 e. The van der Waals surface area contributed by atoms with Crippen LogP contribution in [-0.2, 0) is 24.8 Å². The van der Waals surface area contributed by atoms with Gasteiger partial charge in [0.15, 0.2) is 0 Å². The summed E-state index contributed by atoms with van der Waals surface area (Å²) in [6.45, 7) is 17.1. The van der Waals surface area contributed by atoms with Gasteiger partial charge in [-0.05, 0) is 46.2 Å². The summed E-state index contributed by atoms with van der Waals surface area (Å²) in [5, 5.41) is 1.28. The highest BCUT2D eigenvalue weighted by Crippen LogP contribution is 2.28. The molecule has 2 rings (SSSR count). The number of allylic oxidation sites excluding steroid dienone is 5. The molecule has 2 aromatic rings. The maximum Gasteiger partial charge on any atom is 0.219 e. The number of hydrogen-bond donors (Lipinski definition) is 0. The number of benzene rings is 1. The van der Waals surface area contributed by atoms with Crippen LogP contribution in [0.25, 0.3) is 10.9 Å². The van der Waals surface area contributed by atoms with Crippen molar-refractivity contribution >= 4 is 16.8 Å². The highest BCUT2D eigenvalue weighted by atomic mass is 16.2. The Labute approximate surface area is 171 Å². The Bertz CT molecular complexity index is 868. The van der Waals surface area contributed by atoms with Crippen LogP contribution in [0.15, 0.2) is 54.7 Å². The average molecular weight is 381 g/mol. The van der Waals surface area contributed by atoms with Gasteiger partial charge in [0, 0.05) is 49.2 Å². The fraction of sp³-hybridized carbons (Fsp3) is 0.400. The van der Waals surface area contributed by atoms with Crippen molar-refractivity contribution < 1.29 is 4.79 Å². The molecule has 0 atom stereocenters. The standard InChI is InChI=1S/C17H24N2O.C8H12/c1-6-16-15(11-19(7-2)13(4)20)14-10-12(3)8-9-17(14)18(16)5;1-4-5-6-7-8(2)3/h8-10H,6-7,11H2,1-5H3;4-7H,2H2,1,3H3/b;5-4-,7-6-. The van der Waals surface area contributed by atoms with Gasteiger partial charge in [-0.25, -0.2) is 0 Å². The third-order valence-corrected chi connectivity index (χ3v) is 4.79. The molecule has 1 aromatic heterocycles. The van der Waals surface area contributed by atoms with E-state index in [4.69, 9.17) is 0 Å². The Balaban J connectivity index is 0.000000416. The van der Waals surface area contributed by atoms with Gasteiger partial charge < -0.3 is 9.47 Å². The maximum atomic E-state index is 11.7. The van der Waals surface area contributed by atoms with Crippen LogP contribution in [0.1, 0.15) is 51.4 Å². The van der Waals surface area contributed by atoms with Gasteiger partial charge in [0.05, 0.1) is 0 Å². The minimum absolute atomic E-state index is 0.138. The van der Waals surface area contributed by atoms with Crippen molar-refractivity contribution in [1.82, 2.24) is 9.47 Å². The number of fused-ring (bicyclic) bond motifs is 1. The van der Waals surface area contributed by atoms with Crippen LogP contribution >= 0.6 is 0 Å². The zero-order chi connectivity index (χ0) is 21.3. The molecule has 152 valence electrons. The summed E-state index contributed by atoms with van der Waals surface area (Å²) in [5.74, 6) is 0.138. The number of amides is 1. The van der Waals surface area contributed by atoms with Crippen molar-refractivity contribution in [1.29, 1.82) is 0 Å². The Kier molecular flexibility index (Phi) is 9.50. The minimum Gasteiger partial charge on any atom is -0.347 e. The first-order valence-electron chi connectivity index (χ1n) is 10.0. The number of carbonyl (C=O) groups excluding carboxylic acids is 1. The van der Waals surface area contributed by atoms with Gasteiger partial charge >= 0.3 is 0 Å². The minimum atomic E-state index is 0.138. The summed E-state index contributed by atoms with van der Waals surface area (Å²) in [6, 6.07) is 6.56. The highest BCUT2D eigenvalue weighted by molar-refractivity contribution is 5.86. The van der Waals surface area contributed by atoms with Gasteiger partial charge in [-0.3, -0.25) is 4.79 Å². The molecule has 3 nitrogen and oxygen atoms in total. The molecule has 0 spiro atoms. The number of aryl methyl sites for hydroxylation is 2. The van der Waals surface area contributed by atoms with E-state index in [1.54, 1.807) is 6.92 Å². The number of carbonyl (C=O) groups is 1. The van der Waals surface area contributed by atoms with Crippen molar-refractivity contribution in [3.05, 3.63) is 71.5 Å². The Hall–Kier alpha value is -2.55. The zero-order valence-electron chi connectivity index (χ0n) is 18.7. The average Bonchev–Trinajstić information content (AvgIpc) is 2.90. The molecule has 28 heavy (non-hydrogen) atoms. The third-order valence-electron chi connectivity index (χ3n) is 4.79. The second-order valence-corrected chi connectivity index (χ2v) is 7.12. The van der Waals surface area contributed by atoms with E-state index in [-0.39, 0.29) is 5.91 Å². The Morgan fingerprint density at radius 1 is 1.21 bits per heavy atom. The number of aromatic nitrogens is 1. The van der Waals surface area contributed by atoms with Crippen LogP contribution in [0.4, 0.5) is 0 Å². The molecule has 1 aromatic carbocycles. The largest absolute Gasteiger partial charge is 0.347 e. The lowest BCUT2D eigenvalue weighted by Gasteiger charge is -2.19. The molecule has 0 aliphatic rings. The second kappa shape index (κ2) is 11.3. The van der Waals surface area contributed by atoms with Gasteiger partial charge in [0.2, 0.25) is 5.91 Å². The molecular formula is C25H36N2O. The Morgan fingerprint density at radius 3 is 2.39 bits per heavy atom. The lowest BCUT2D eigenvalue weighted by atomic mass is 10.1. The predicted octanol–water partition coefficient (Wildman–Crippen LogP) is 6.11. The lowest BCUT2D eigenvalue weighted by Crippen LogP contribution is -2.28.